The zero-order valence-corrected chi connectivity index (χ0v) is 31.7. The number of allylic oxidation sites excluding steroid dienone is 4. The minimum atomic E-state index is -2.03. The highest BCUT2D eigenvalue weighted by atomic mass is 28.4. The Labute approximate surface area is 279 Å². The lowest BCUT2D eigenvalue weighted by molar-refractivity contribution is -0.191. The first-order valence-electron chi connectivity index (χ1n) is 17.7. The topological polar surface area (TPSA) is 93.5 Å². The average molecular weight is 650 g/mol. The Morgan fingerprint density at radius 2 is 1.65 bits per heavy atom. The van der Waals surface area contributed by atoms with Crippen LogP contribution < -0.4 is 0 Å². The van der Waals surface area contributed by atoms with E-state index >= 15 is 0 Å². The van der Waals surface area contributed by atoms with Gasteiger partial charge in [0.1, 0.15) is 6.07 Å². The zero-order valence-electron chi connectivity index (χ0n) is 30.7. The van der Waals surface area contributed by atoms with Crippen LogP contribution in [0.2, 0.25) is 18.1 Å². The van der Waals surface area contributed by atoms with E-state index in [0.717, 1.165) is 50.5 Å². The number of esters is 1. The maximum atomic E-state index is 14.7. The number of carbonyl (C=O) groups excluding carboxylic acids is 3. The van der Waals surface area contributed by atoms with Crippen LogP contribution in [0.1, 0.15) is 114 Å². The molecule has 6 nitrogen and oxygen atoms in total. The SMILES string of the molecule is COC(=O)[C@]12CCC(C)(C)CC1C1C(=O)C=C3[C@@]4(C)C=C(C#N)C(=O)[C@@](C)(CCO[Si](C)(C)C(C)(C)C)[C@@H]4CC[C@@]3(C)[C@]1(C)CC2. The second kappa shape index (κ2) is 10.7. The molecule has 0 aromatic heterocycles. The molecular formula is C39H59NO5Si. The molecule has 0 saturated heterocycles. The standard InChI is InChI=1S/C39H59NO5Si/c1-33(2,3)46(11,12)45-20-19-35(6)28-13-14-37(8)29(36(28,7)22-25(24-40)31(35)42)21-27(41)30-26-23-34(4,5)15-17-39(26,32(43)44-10)18-16-38(30,37)9/h21-22,26,28,30H,13-20,23H2,1-12H3/t26?,28-,30?,35-,36-,37+,38+,39-/m0/s1. The van der Waals surface area contributed by atoms with Crippen molar-refractivity contribution in [3.63, 3.8) is 0 Å². The van der Waals surface area contributed by atoms with Gasteiger partial charge < -0.3 is 9.16 Å². The van der Waals surface area contributed by atoms with Crippen molar-refractivity contribution >= 4 is 25.9 Å². The molecule has 7 heteroatoms. The van der Waals surface area contributed by atoms with Crippen LogP contribution in [-0.2, 0) is 23.5 Å². The number of Topliss-reactive ketones (excluding diaryl/α,β-unsaturated/α-hetero) is 1. The van der Waals surface area contributed by atoms with Crippen molar-refractivity contribution in [1.82, 2.24) is 0 Å². The van der Waals surface area contributed by atoms with E-state index in [4.69, 9.17) is 9.16 Å². The Hall–Kier alpha value is -2.04. The van der Waals surface area contributed by atoms with Crippen LogP contribution >= 0.6 is 0 Å². The number of nitriles is 1. The molecule has 0 heterocycles. The molecule has 0 aromatic rings. The molecular weight excluding hydrogens is 591 g/mol. The molecule has 2 unspecified atom stereocenters. The fraction of sp³-hybridized carbons (Fsp3) is 0.795. The van der Waals surface area contributed by atoms with Crippen LogP contribution in [0.15, 0.2) is 23.3 Å². The van der Waals surface area contributed by atoms with E-state index in [1.807, 2.05) is 19.1 Å². The highest BCUT2D eigenvalue weighted by molar-refractivity contribution is 6.74. The molecule has 8 atom stereocenters. The van der Waals surface area contributed by atoms with Crippen molar-refractivity contribution in [3.05, 3.63) is 23.3 Å². The Morgan fingerprint density at radius 1 is 1.02 bits per heavy atom. The summed E-state index contributed by atoms with van der Waals surface area (Å²) >= 11 is 0. The van der Waals surface area contributed by atoms with Crippen molar-refractivity contribution in [2.75, 3.05) is 13.7 Å². The van der Waals surface area contributed by atoms with Gasteiger partial charge >= 0.3 is 5.97 Å². The van der Waals surface area contributed by atoms with Gasteiger partial charge in [0.25, 0.3) is 0 Å². The number of rotatable bonds is 5. The highest BCUT2D eigenvalue weighted by Gasteiger charge is 2.71. The molecule has 46 heavy (non-hydrogen) atoms. The fourth-order valence-electron chi connectivity index (χ4n) is 11.0. The Morgan fingerprint density at radius 3 is 2.24 bits per heavy atom. The van der Waals surface area contributed by atoms with E-state index in [2.05, 4.69) is 74.6 Å². The van der Waals surface area contributed by atoms with Crippen molar-refractivity contribution in [2.24, 2.45) is 50.2 Å². The molecule has 0 N–H and O–H groups in total. The third-order valence-electron chi connectivity index (χ3n) is 15.2. The summed E-state index contributed by atoms with van der Waals surface area (Å²) in [5.41, 5.74) is -1.38. The number of ether oxygens (including phenoxy) is 1. The maximum Gasteiger partial charge on any atom is 0.312 e. The smallest absolute Gasteiger partial charge is 0.312 e. The first-order valence-corrected chi connectivity index (χ1v) is 20.6. The highest BCUT2D eigenvalue weighted by Crippen LogP contribution is 2.74. The number of ketones is 2. The fourth-order valence-corrected chi connectivity index (χ4v) is 12.1. The normalized spacial score (nSPS) is 41.9. The lowest BCUT2D eigenvalue weighted by Gasteiger charge is -2.69. The van der Waals surface area contributed by atoms with Crippen LogP contribution in [0, 0.1) is 61.6 Å². The predicted octanol–water partition coefficient (Wildman–Crippen LogP) is 8.77. The number of methoxy groups -OCH3 is 1. The molecule has 3 fully saturated rings. The van der Waals surface area contributed by atoms with Crippen LogP contribution in [-0.4, -0.2) is 39.6 Å². The molecule has 0 spiro atoms. The van der Waals surface area contributed by atoms with Crippen LogP contribution in [0.4, 0.5) is 0 Å². The zero-order chi connectivity index (χ0) is 34.5. The van der Waals surface area contributed by atoms with E-state index in [0.29, 0.717) is 13.0 Å². The lowest BCUT2D eigenvalue weighted by atomic mass is 9.34. The van der Waals surface area contributed by atoms with Crippen LogP contribution in [0.3, 0.4) is 0 Å². The summed E-state index contributed by atoms with van der Waals surface area (Å²) in [5.74, 6) is -0.530. The first kappa shape index (κ1) is 35.3. The number of fused-ring (bicyclic) bond motifs is 7. The third kappa shape index (κ3) is 4.73. The van der Waals surface area contributed by atoms with Gasteiger partial charge in [-0.2, -0.15) is 5.26 Å². The summed E-state index contributed by atoms with van der Waals surface area (Å²) in [7, 11) is -0.543. The van der Waals surface area contributed by atoms with Gasteiger partial charge in [-0.25, -0.2) is 0 Å². The minimum absolute atomic E-state index is 0.0394. The molecule has 5 aliphatic carbocycles. The average Bonchev–Trinajstić information content (AvgIpc) is 2.95. The van der Waals surface area contributed by atoms with Gasteiger partial charge in [-0.15, -0.1) is 0 Å². The van der Waals surface area contributed by atoms with Gasteiger partial charge in [0, 0.05) is 23.4 Å². The Kier molecular flexibility index (Phi) is 8.23. The van der Waals surface area contributed by atoms with E-state index in [1.54, 1.807) is 0 Å². The Balaban J connectivity index is 1.60. The predicted molar refractivity (Wildman–Crippen MR) is 183 cm³/mol. The maximum absolute atomic E-state index is 14.7. The minimum Gasteiger partial charge on any atom is -0.469 e. The van der Waals surface area contributed by atoms with Crippen molar-refractivity contribution in [1.29, 1.82) is 5.26 Å². The summed E-state index contributed by atoms with van der Waals surface area (Å²) in [6.07, 6.45) is 10.1. The summed E-state index contributed by atoms with van der Waals surface area (Å²) in [6, 6.07) is 2.27. The largest absolute Gasteiger partial charge is 0.469 e. The molecule has 0 bridgehead atoms. The summed E-state index contributed by atoms with van der Waals surface area (Å²) in [6.45, 7) is 25.0. The molecule has 254 valence electrons. The van der Waals surface area contributed by atoms with Crippen molar-refractivity contribution < 1.29 is 23.5 Å². The number of nitrogens with zero attached hydrogens (tertiary/aromatic N) is 1. The van der Waals surface area contributed by atoms with Crippen LogP contribution in [0.25, 0.3) is 0 Å². The summed E-state index contributed by atoms with van der Waals surface area (Å²) < 4.78 is 12.1. The van der Waals surface area contributed by atoms with Gasteiger partial charge in [-0.1, -0.05) is 74.0 Å². The first-order chi connectivity index (χ1) is 21.0. The second-order valence-electron chi connectivity index (χ2n) is 19.0. The summed E-state index contributed by atoms with van der Waals surface area (Å²) in [4.78, 5) is 42.4. The van der Waals surface area contributed by atoms with Crippen LogP contribution in [0.5, 0.6) is 0 Å². The van der Waals surface area contributed by atoms with Crippen molar-refractivity contribution in [3.8, 4) is 6.07 Å². The third-order valence-corrected chi connectivity index (χ3v) is 19.7. The monoisotopic (exact) mass is 649 g/mol. The van der Waals surface area contributed by atoms with Gasteiger partial charge in [0.05, 0.1) is 18.1 Å². The van der Waals surface area contributed by atoms with E-state index < -0.39 is 24.6 Å². The Bertz CT molecular complexity index is 1440. The molecule has 0 radical (unpaired) electrons. The molecule has 0 aromatic carbocycles. The summed E-state index contributed by atoms with van der Waals surface area (Å²) in [5, 5.41) is 10.4. The van der Waals surface area contributed by atoms with Crippen molar-refractivity contribution in [2.45, 2.75) is 132 Å². The molecule has 5 aliphatic rings. The van der Waals surface area contributed by atoms with Gasteiger partial charge in [-0.3, -0.25) is 14.4 Å². The second-order valence-corrected chi connectivity index (χ2v) is 23.8. The van der Waals surface area contributed by atoms with E-state index in [-0.39, 0.29) is 62.1 Å². The van der Waals surface area contributed by atoms with E-state index in [1.165, 1.54) is 7.11 Å². The molecule has 0 aliphatic heterocycles. The van der Waals surface area contributed by atoms with Gasteiger partial charge in [0.15, 0.2) is 19.9 Å². The number of carbonyl (C=O) groups is 3. The quantitative estimate of drug-likeness (QED) is 0.218. The number of hydrogen-bond acceptors (Lipinski definition) is 6. The molecule has 3 saturated carbocycles. The van der Waals surface area contributed by atoms with E-state index in [9.17, 15) is 19.6 Å². The molecule has 5 rings (SSSR count). The van der Waals surface area contributed by atoms with Gasteiger partial charge in [0.2, 0.25) is 0 Å². The molecule has 0 amide bonds. The number of hydrogen-bond donors (Lipinski definition) is 0. The van der Waals surface area contributed by atoms with Gasteiger partial charge in [-0.05, 0) is 104 Å². The lowest BCUT2D eigenvalue weighted by Crippen LogP contribution is -2.66.